The van der Waals surface area contributed by atoms with Crippen molar-refractivity contribution in [2.75, 3.05) is 35.2 Å². The number of fused-ring (bicyclic) bond motifs is 1. The van der Waals surface area contributed by atoms with E-state index in [2.05, 4.69) is 27.4 Å². The van der Waals surface area contributed by atoms with Crippen LogP contribution in [0.2, 0.25) is 0 Å². The molecule has 2 saturated heterocycles. The lowest BCUT2D eigenvalue weighted by Crippen LogP contribution is -2.41. The first-order valence-electron chi connectivity index (χ1n) is 12.5. The predicted molar refractivity (Wildman–Crippen MR) is 134 cm³/mol. The number of carbonyl (C=O) groups is 1. The Bertz CT molecular complexity index is 1160. The minimum atomic E-state index is -0.173. The van der Waals surface area contributed by atoms with Gasteiger partial charge in [-0.15, -0.1) is 0 Å². The molecule has 186 valence electrons. The van der Waals surface area contributed by atoms with Gasteiger partial charge in [0.15, 0.2) is 11.6 Å². The summed E-state index contributed by atoms with van der Waals surface area (Å²) >= 11 is 1.45. The average molecular weight is 497 g/mol. The molecule has 6 rings (SSSR count). The minimum absolute atomic E-state index is 0.00253. The molecule has 2 spiro atoms. The molecule has 0 bridgehead atoms. The van der Waals surface area contributed by atoms with Crippen molar-refractivity contribution in [2.45, 2.75) is 80.5 Å². The number of nitrogens with zero attached hydrogens (tertiary/aromatic N) is 4. The summed E-state index contributed by atoms with van der Waals surface area (Å²) in [5.41, 5.74) is 2.21. The van der Waals surface area contributed by atoms with Crippen molar-refractivity contribution < 1.29 is 14.6 Å². The van der Waals surface area contributed by atoms with Crippen LogP contribution in [0.25, 0.3) is 0 Å². The standard InChI is InChI=1S/C25H32N6O3S/c1-15-11-24(14-34-15)6-9-31(10-7-24)22-17(13-32)28-23(16(2)27-22)35-18-3-8-26-21-20(18)29-19(33)12-25(30-21)4-5-25/h3,8,15,32H,4-7,9-14H2,1-2H3,(H,26,30)(H,29,33)/t15-/m0/s1. The Hall–Kier alpha value is -2.43. The van der Waals surface area contributed by atoms with Crippen molar-refractivity contribution in [3.05, 3.63) is 23.7 Å². The summed E-state index contributed by atoms with van der Waals surface area (Å²) in [6.07, 6.45) is 7.76. The third-order valence-corrected chi connectivity index (χ3v) is 9.01. The molecule has 4 aliphatic rings. The first-order valence-corrected chi connectivity index (χ1v) is 13.3. The van der Waals surface area contributed by atoms with Gasteiger partial charge in [0.1, 0.15) is 10.7 Å². The summed E-state index contributed by atoms with van der Waals surface area (Å²) in [4.78, 5) is 29.9. The molecule has 1 amide bonds. The number of pyridine rings is 1. The lowest BCUT2D eigenvalue weighted by molar-refractivity contribution is -0.116. The zero-order valence-electron chi connectivity index (χ0n) is 20.3. The normalized spacial score (nSPS) is 24.1. The van der Waals surface area contributed by atoms with Crippen molar-refractivity contribution in [3.8, 4) is 0 Å². The van der Waals surface area contributed by atoms with Gasteiger partial charge < -0.3 is 25.4 Å². The Labute approximate surface area is 209 Å². The highest BCUT2D eigenvalue weighted by Gasteiger charge is 2.47. The minimum Gasteiger partial charge on any atom is -0.390 e. The van der Waals surface area contributed by atoms with Gasteiger partial charge in [-0.1, -0.05) is 11.8 Å². The van der Waals surface area contributed by atoms with Crippen molar-refractivity contribution >= 4 is 35.0 Å². The van der Waals surface area contributed by atoms with Crippen LogP contribution >= 0.6 is 11.8 Å². The Morgan fingerprint density at radius 1 is 1.26 bits per heavy atom. The third-order valence-electron chi connectivity index (χ3n) is 7.87. The first-order chi connectivity index (χ1) is 16.9. The number of aliphatic hydroxyl groups is 1. The van der Waals surface area contributed by atoms with Gasteiger partial charge in [-0.2, -0.15) is 0 Å². The molecular formula is C25H32N6O3S. The molecule has 3 fully saturated rings. The van der Waals surface area contributed by atoms with E-state index in [1.165, 1.54) is 11.8 Å². The number of ether oxygens (including phenoxy) is 1. The molecule has 2 aromatic rings. The molecule has 35 heavy (non-hydrogen) atoms. The van der Waals surface area contributed by atoms with Crippen LogP contribution in [0.5, 0.6) is 0 Å². The van der Waals surface area contributed by atoms with Gasteiger partial charge in [0.05, 0.1) is 30.7 Å². The van der Waals surface area contributed by atoms with Crippen LogP contribution in [0.4, 0.5) is 17.3 Å². The molecule has 0 radical (unpaired) electrons. The molecule has 3 aliphatic heterocycles. The second-order valence-corrected chi connectivity index (χ2v) is 11.7. The summed E-state index contributed by atoms with van der Waals surface area (Å²) in [7, 11) is 0. The summed E-state index contributed by atoms with van der Waals surface area (Å²) < 4.78 is 5.87. The zero-order chi connectivity index (χ0) is 24.2. The van der Waals surface area contributed by atoms with Crippen LogP contribution in [0.3, 0.4) is 0 Å². The molecule has 1 atom stereocenters. The first kappa shape index (κ1) is 23.0. The Kier molecular flexibility index (Phi) is 5.65. The van der Waals surface area contributed by atoms with E-state index in [1.54, 1.807) is 6.20 Å². The topological polar surface area (TPSA) is 112 Å². The number of aryl methyl sites for hydroxylation is 1. The summed E-state index contributed by atoms with van der Waals surface area (Å²) in [6, 6.07) is 1.89. The third kappa shape index (κ3) is 4.36. The number of piperidine rings is 1. The Morgan fingerprint density at radius 3 is 2.74 bits per heavy atom. The highest BCUT2D eigenvalue weighted by atomic mass is 32.2. The fourth-order valence-electron chi connectivity index (χ4n) is 5.66. The van der Waals surface area contributed by atoms with Crippen molar-refractivity contribution in [2.24, 2.45) is 5.41 Å². The van der Waals surface area contributed by atoms with Crippen LogP contribution in [0.15, 0.2) is 22.2 Å². The van der Waals surface area contributed by atoms with Gasteiger partial charge in [-0.3, -0.25) is 4.79 Å². The maximum atomic E-state index is 12.5. The number of amides is 1. The summed E-state index contributed by atoms with van der Waals surface area (Å²) in [6.45, 7) is 6.56. The predicted octanol–water partition coefficient (Wildman–Crippen LogP) is 3.51. The van der Waals surface area contributed by atoms with Gasteiger partial charge in [-0.25, -0.2) is 15.0 Å². The number of aliphatic hydroxyl groups excluding tert-OH is 1. The monoisotopic (exact) mass is 496 g/mol. The molecule has 10 heteroatoms. The fraction of sp³-hybridized carbons (Fsp3) is 0.600. The summed E-state index contributed by atoms with van der Waals surface area (Å²) in [5, 5.41) is 17.4. The van der Waals surface area contributed by atoms with Crippen molar-refractivity contribution in [3.63, 3.8) is 0 Å². The molecule has 9 nitrogen and oxygen atoms in total. The number of hydrogen-bond acceptors (Lipinski definition) is 9. The molecule has 0 aromatic carbocycles. The van der Waals surface area contributed by atoms with Crippen LogP contribution in [-0.2, 0) is 16.1 Å². The second kappa shape index (κ2) is 8.60. The molecule has 3 N–H and O–H groups in total. The number of carbonyl (C=O) groups excluding carboxylic acids is 1. The smallest absolute Gasteiger partial charge is 0.226 e. The SMILES string of the molecule is Cc1nc(N2CCC3(CC2)CO[C@@H](C)C3)c(CO)nc1Sc1ccnc2c1NC(=O)CC1(CC1)N2. The quantitative estimate of drug-likeness (QED) is 0.585. The van der Waals surface area contributed by atoms with E-state index in [0.717, 1.165) is 73.2 Å². The molecule has 2 aromatic heterocycles. The second-order valence-electron chi connectivity index (χ2n) is 10.6. The maximum absolute atomic E-state index is 12.5. The number of rotatable bonds is 4. The van der Waals surface area contributed by atoms with E-state index in [9.17, 15) is 9.90 Å². The van der Waals surface area contributed by atoms with Crippen molar-refractivity contribution in [1.82, 2.24) is 15.0 Å². The zero-order valence-corrected chi connectivity index (χ0v) is 21.1. The Morgan fingerprint density at radius 2 is 2.06 bits per heavy atom. The Balaban J connectivity index is 1.24. The van der Waals surface area contributed by atoms with Crippen LogP contribution in [0, 0.1) is 12.3 Å². The fourth-order valence-corrected chi connectivity index (χ4v) is 6.59. The molecule has 1 saturated carbocycles. The van der Waals surface area contributed by atoms with Gasteiger partial charge in [0, 0.05) is 36.1 Å². The van der Waals surface area contributed by atoms with Crippen LogP contribution in [-0.4, -0.2) is 57.3 Å². The summed E-state index contributed by atoms with van der Waals surface area (Å²) in [5.74, 6) is 1.48. The highest BCUT2D eigenvalue weighted by Crippen LogP contribution is 2.47. The van der Waals surface area contributed by atoms with E-state index < -0.39 is 0 Å². The highest BCUT2D eigenvalue weighted by molar-refractivity contribution is 7.99. The van der Waals surface area contributed by atoms with Gasteiger partial charge >= 0.3 is 0 Å². The molecule has 5 heterocycles. The average Bonchev–Trinajstić information content (AvgIpc) is 3.53. The van der Waals surface area contributed by atoms with Crippen molar-refractivity contribution in [1.29, 1.82) is 0 Å². The van der Waals surface area contributed by atoms with Gasteiger partial charge in [0.25, 0.3) is 0 Å². The number of nitrogens with one attached hydrogen (secondary N) is 2. The van der Waals surface area contributed by atoms with E-state index in [1.807, 2.05) is 13.0 Å². The van der Waals surface area contributed by atoms with E-state index in [4.69, 9.17) is 14.7 Å². The maximum Gasteiger partial charge on any atom is 0.226 e. The van der Waals surface area contributed by atoms with Crippen LogP contribution in [0.1, 0.15) is 56.8 Å². The lowest BCUT2D eigenvalue weighted by atomic mass is 9.77. The molecular weight excluding hydrogens is 464 g/mol. The number of hydrogen-bond donors (Lipinski definition) is 3. The number of aromatic nitrogens is 3. The van der Waals surface area contributed by atoms with E-state index in [0.29, 0.717) is 29.7 Å². The molecule has 1 aliphatic carbocycles. The van der Waals surface area contributed by atoms with Crippen LogP contribution < -0.4 is 15.5 Å². The van der Waals surface area contributed by atoms with Gasteiger partial charge in [-0.05, 0) is 57.4 Å². The molecule has 0 unspecified atom stereocenters. The number of anilines is 3. The van der Waals surface area contributed by atoms with E-state index >= 15 is 0 Å². The van der Waals surface area contributed by atoms with E-state index in [-0.39, 0.29) is 23.5 Å². The van der Waals surface area contributed by atoms with Gasteiger partial charge in [0.2, 0.25) is 5.91 Å². The lowest BCUT2D eigenvalue weighted by Gasteiger charge is -2.39. The largest absolute Gasteiger partial charge is 0.390 e.